The Bertz CT molecular complexity index is 250. The summed E-state index contributed by atoms with van der Waals surface area (Å²) >= 11 is 0.149. The maximum atomic E-state index is 8.67. The van der Waals surface area contributed by atoms with Crippen LogP contribution in [0.3, 0.4) is 0 Å². The number of aromatic hydroxyl groups is 2. The van der Waals surface area contributed by atoms with E-state index in [4.69, 9.17) is 10.2 Å². The summed E-state index contributed by atoms with van der Waals surface area (Å²) in [4.78, 5) is 0. The molecule has 0 fully saturated rings. The Morgan fingerprint density at radius 1 is 0.882 bits per heavy atom. The van der Waals surface area contributed by atoms with Gasteiger partial charge in [-0.25, -0.2) is 0 Å². The van der Waals surface area contributed by atoms with Gasteiger partial charge in [0.2, 0.25) is 0 Å². The number of hydrogen-bond acceptors (Lipinski definition) is 2. The molecule has 0 saturated heterocycles. The molecule has 2 N–H and O–H groups in total. The van der Waals surface area contributed by atoms with Gasteiger partial charge in [0, 0.05) is 0 Å². The van der Waals surface area contributed by atoms with E-state index in [1.807, 2.05) is 0 Å². The molecular weight excluding hydrogens is 319 g/mol. The molecule has 0 aliphatic heterocycles. The van der Waals surface area contributed by atoms with Gasteiger partial charge in [0.15, 0.2) is 11.5 Å². The minimum absolute atomic E-state index is 0.0764. The van der Waals surface area contributed by atoms with Crippen LogP contribution in [0.1, 0.15) is 39.5 Å². The first-order valence-electron chi connectivity index (χ1n) is 6.40. The van der Waals surface area contributed by atoms with Crippen molar-refractivity contribution in [3.63, 3.8) is 0 Å². The largest absolute Gasteiger partial charge is 0.504 e. The zero-order chi connectivity index (χ0) is 12.9. The second kappa shape index (κ2) is 12.1. The van der Waals surface area contributed by atoms with Crippen molar-refractivity contribution in [2.75, 3.05) is 0 Å². The minimum Gasteiger partial charge on any atom is -0.504 e. The summed E-state index contributed by atoms with van der Waals surface area (Å²) in [6.07, 6.45) is 5.84. The molecular formula is C14H24O2Sn. The Morgan fingerprint density at radius 3 is 1.59 bits per heavy atom. The molecule has 2 nitrogen and oxygen atoms in total. The molecule has 1 rings (SSSR count). The van der Waals surface area contributed by atoms with Crippen LogP contribution in [0.25, 0.3) is 0 Å². The molecule has 1 aromatic rings. The maximum Gasteiger partial charge on any atom is 0.157 e. The predicted molar refractivity (Wildman–Crippen MR) is 75.0 cm³/mol. The summed E-state index contributed by atoms with van der Waals surface area (Å²) in [5.41, 5.74) is 0. The number of para-hydroxylation sites is 2. The summed E-state index contributed by atoms with van der Waals surface area (Å²) < 4.78 is 3.25. The van der Waals surface area contributed by atoms with E-state index in [1.165, 1.54) is 37.8 Å². The van der Waals surface area contributed by atoms with Gasteiger partial charge in [0.05, 0.1) is 0 Å². The average Bonchev–Trinajstić information content (AvgIpc) is 2.34. The van der Waals surface area contributed by atoms with Gasteiger partial charge in [0.1, 0.15) is 0 Å². The van der Waals surface area contributed by atoms with E-state index in [-0.39, 0.29) is 32.6 Å². The Balaban J connectivity index is 0.000000302. The van der Waals surface area contributed by atoms with Crippen molar-refractivity contribution in [2.45, 2.75) is 48.4 Å². The number of unbranched alkanes of at least 4 members (excludes halogenated alkanes) is 2. The predicted octanol–water partition coefficient (Wildman–Crippen LogP) is 4.23. The molecule has 0 aliphatic rings. The van der Waals surface area contributed by atoms with E-state index in [9.17, 15) is 0 Å². The molecule has 3 heteroatoms. The molecule has 0 atom stereocenters. The fraction of sp³-hybridized carbons (Fsp3) is 0.571. The van der Waals surface area contributed by atoms with Crippen LogP contribution in [0.4, 0.5) is 0 Å². The van der Waals surface area contributed by atoms with Crippen LogP contribution in [0.15, 0.2) is 24.3 Å². The molecule has 0 aromatic heterocycles. The summed E-state index contributed by atoms with van der Waals surface area (Å²) in [5.74, 6) is -0.153. The van der Waals surface area contributed by atoms with Crippen molar-refractivity contribution in [3.05, 3.63) is 24.3 Å². The molecule has 17 heavy (non-hydrogen) atoms. The van der Waals surface area contributed by atoms with Crippen molar-refractivity contribution >= 4 is 21.1 Å². The molecule has 0 heterocycles. The Morgan fingerprint density at radius 2 is 1.29 bits per heavy atom. The Hall–Kier alpha value is -0.381. The Kier molecular flexibility index (Phi) is 11.8. The molecule has 0 aliphatic carbocycles. The van der Waals surface area contributed by atoms with Gasteiger partial charge in [-0.15, -0.1) is 0 Å². The van der Waals surface area contributed by atoms with Crippen LogP contribution < -0.4 is 0 Å². The van der Waals surface area contributed by atoms with E-state index < -0.39 is 0 Å². The summed E-state index contributed by atoms with van der Waals surface area (Å²) in [6.45, 7) is 4.58. The smallest absolute Gasteiger partial charge is 0.157 e. The number of phenols is 2. The van der Waals surface area contributed by atoms with Gasteiger partial charge in [0.25, 0.3) is 0 Å². The number of benzene rings is 1. The molecule has 1 aromatic carbocycles. The van der Waals surface area contributed by atoms with Gasteiger partial charge in [-0.2, -0.15) is 0 Å². The fourth-order valence-corrected chi connectivity index (χ4v) is 5.35. The zero-order valence-electron chi connectivity index (χ0n) is 10.9. The maximum absolute atomic E-state index is 8.67. The molecule has 2 radical (unpaired) electrons. The van der Waals surface area contributed by atoms with Gasteiger partial charge in [-0.05, 0) is 12.1 Å². The standard InChI is InChI=1S/C6H6O2.2C4H9.Sn/c7-5-3-1-2-4-6(5)8;2*1-3-4-2;/h1-4,7-8H;2*1,3-4H2,2H3;. The SMILES string of the molecule is CCC[CH2][Sn][CH2]CCC.Oc1ccccc1O. The third-order valence-electron chi connectivity index (χ3n) is 2.30. The van der Waals surface area contributed by atoms with Crippen molar-refractivity contribution in [1.29, 1.82) is 0 Å². The van der Waals surface area contributed by atoms with Crippen molar-refractivity contribution in [2.24, 2.45) is 0 Å². The molecule has 0 amide bonds. The fourth-order valence-electron chi connectivity index (χ4n) is 1.19. The van der Waals surface area contributed by atoms with Crippen LogP contribution >= 0.6 is 0 Å². The van der Waals surface area contributed by atoms with E-state index in [1.54, 1.807) is 21.0 Å². The third kappa shape index (κ3) is 10.5. The molecule has 0 bridgehead atoms. The second-order valence-corrected chi connectivity index (χ2v) is 8.23. The van der Waals surface area contributed by atoms with Crippen LogP contribution in [-0.2, 0) is 0 Å². The van der Waals surface area contributed by atoms with Crippen molar-refractivity contribution in [3.8, 4) is 11.5 Å². The van der Waals surface area contributed by atoms with Gasteiger partial charge in [-0.3, -0.25) is 0 Å². The average molecular weight is 343 g/mol. The molecule has 96 valence electrons. The van der Waals surface area contributed by atoms with E-state index in [0.29, 0.717) is 0 Å². The Labute approximate surface area is 115 Å². The first-order chi connectivity index (χ1) is 8.22. The van der Waals surface area contributed by atoms with Crippen LogP contribution in [0.5, 0.6) is 11.5 Å². The summed E-state index contributed by atoms with van der Waals surface area (Å²) in [7, 11) is 0. The van der Waals surface area contributed by atoms with Gasteiger partial charge < -0.3 is 10.2 Å². The van der Waals surface area contributed by atoms with E-state index >= 15 is 0 Å². The normalized spacial score (nSPS) is 9.53. The molecule has 0 saturated carbocycles. The van der Waals surface area contributed by atoms with Crippen molar-refractivity contribution in [1.82, 2.24) is 0 Å². The van der Waals surface area contributed by atoms with E-state index in [0.717, 1.165) is 0 Å². The van der Waals surface area contributed by atoms with E-state index in [2.05, 4.69) is 13.8 Å². The number of phenolic OH excluding ortho intramolecular Hbond substituents is 2. The topological polar surface area (TPSA) is 40.5 Å². The van der Waals surface area contributed by atoms with Crippen molar-refractivity contribution < 1.29 is 10.2 Å². The summed E-state index contributed by atoms with van der Waals surface area (Å²) in [6, 6.07) is 6.15. The first kappa shape index (κ1) is 16.6. The quantitative estimate of drug-likeness (QED) is 0.461. The summed E-state index contributed by atoms with van der Waals surface area (Å²) in [5, 5.41) is 17.3. The molecule has 0 spiro atoms. The molecule has 0 unspecified atom stereocenters. The third-order valence-corrected chi connectivity index (χ3v) is 6.33. The number of hydrogen-bond donors (Lipinski definition) is 2. The van der Waals surface area contributed by atoms with Gasteiger partial charge >= 0.3 is 69.5 Å². The first-order valence-corrected chi connectivity index (χ1v) is 10.4. The second-order valence-electron chi connectivity index (χ2n) is 3.95. The zero-order valence-corrected chi connectivity index (χ0v) is 13.8. The van der Waals surface area contributed by atoms with Crippen LogP contribution in [0, 0.1) is 0 Å². The van der Waals surface area contributed by atoms with Gasteiger partial charge in [-0.1, -0.05) is 12.1 Å². The minimum atomic E-state index is -0.0764. The van der Waals surface area contributed by atoms with Crippen LogP contribution in [0.2, 0.25) is 8.87 Å². The van der Waals surface area contributed by atoms with Crippen LogP contribution in [-0.4, -0.2) is 31.4 Å². The monoisotopic (exact) mass is 344 g/mol. The number of rotatable bonds is 6.